The van der Waals surface area contributed by atoms with Crippen LogP contribution in [-0.2, 0) is 14.9 Å². The molecular weight excluding hydrogens is 224 g/mol. The normalized spacial score (nSPS) is 23.1. The van der Waals surface area contributed by atoms with Gasteiger partial charge in [-0.3, -0.25) is 0 Å². The highest BCUT2D eigenvalue weighted by molar-refractivity contribution is 7.87. The van der Waals surface area contributed by atoms with Crippen molar-refractivity contribution in [1.29, 1.82) is 0 Å². The van der Waals surface area contributed by atoms with Crippen LogP contribution in [0.2, 0.25) is 0 Å². The van der Waals surface area contributed by atoms with Gasteiger partial charge < -0.3 is 9.84 Å². The van der Waals surface area contributed by atoms with Gasteiger partial charge in [0.25, 0.3) is 0 Å². The fourth-order valence-corrected chi connectivity index (χ4v) is 2.29. The molecular formula is C7H14N2O5S. The maximum absolute atomic E-state index is 11.1. The molecule has 0 aromatic rings. The summed E-state index contributed by atoms with van der Waals surface area (Å²) < 4.78 is 27.2. The van der Waals surface area contributed by atoms with Crippen LogP contribution in [0.1, 0.15) is 20.3 Å². The molecule has 1 aliphatic rings. The van der Waals surface area contributed by atoms with Crippen LogP contribution in [0.4, 0.5) is 4.79 Å². The van der Waals surface area contributed by atoms with Crippen LogP contribution >= 0.6 is 0 Å². The van der Waals surface area contributed by atoms with E-state index in [9.17, 15) is 18.3 Å². The Balaban J connectivity index is 2.87. The van der Waals surface area contributed by atoms with Crippen molar-refractivity contribution >= 4 is 16.3 Å². The van der Waals surface area contributed by atoms with E-state index in [2.05, 4.69) is 4.74 Å². The van der Waals surface area contributed by atoms with E-state index >= 15 is 0 Å². The molecule has 8 heteroatoms. The van der Waals surface area contributed by atoms with Crippen LogP contribution in [0, 0.1) is 0 Å². The number of aliphatic hydroxyl groups is 1. The van der Waals surface area contributed by atoms with Gasteiger partial charge in [-0.2, -0.15) is 12.7 Å². The Bertz CT molecular complexity index is 358. The number of hydrogen-bond acceptors (Lipinski definition) is 5. The second kappa shape index (κ2) is 3.62. The summed E-state index contributed by atoms with van der Waals surface area (Å²) in [6, 6.07) is -0.743. The third-order valence-electron chi connectivity index (χ3n) is 1.92. The Morgan fingerprint density at radius 2 is 2.20 bits per heavy atom. The molecule has 1 saturated heterocycles. The number of rotatable bonds is 3. The summed E-state index contributed by atoms with van der Waals surface area (Å²) in [5.74, 6) is 0. The molecule has 0 aromatic heterocycles. The van der Waals surface area contributed by atoms with E-state index in [1.165, 1.54) is 13.8 Å². The van der Waals surface area contributed by atoms with E-state index in [0.29, 0.717) is 4.31 Å². The molecule has 0 saturated carbocycles. The molecule has 0 aromatic carbocycles. The first-order chi connectivity index (χ1) is 6.61. The molecule has 3 N–H and O–H groups in total. The summed E-state index contributed by atoms with van der Waals surface area (Å²) in [6.45, 7) is 2.94. The number of carbonyl (C=O) groups is 1. The number of cyclic esters (lactones) is 1. The average molecular weight is 238 g/mol. The van der Waals surface area contributed by atoms with E-state index in [-0.39, 0.29) is 13.0 Å². The SMILES string of the molecule is CC(C)(O)CC1COC(=O)N1S(N)(=O)=O. The van der Waals surface area contributed by atoms with Gasteiger partial charge in [0.1, 0.15) is 6.61 Å². The largest absolute Gasteiger partial charge is 0.446 e. The molecule has 1 amide bonds. The molecule has 0 bridgehead atoms. The number of nitrogens with two attached hydrogens (primary N) is 1. The Morgan fingerprint density at radius 1 is 1.67 bits per heavy atom. The fraction of sp³-hybridized carbons (Fsp3) is 0.857. The second-order valence-corrected chi connectivity index (χ2v) is 5.51. The molecule has 0 radical (unpaired) electrons. The average Bonchev–Trinajstić information content (AvgIpc) is 2.25. The second-order valence-electron chi connectivity index (χ2n) is 4.09. The van der Waals surface area contributed by atoms with Crippen LogP contribution in [0.25, 0.3) is 0 Å². The maximum atomic E-state index is 11.1. The third-order valence-corrected chi connectivity index (χ3v) is 2.92. The first-order valence-electron chi connectivity index (χ1n) is 4.32. The van der Waals surface area contributed by atoms with Crippen LogP contribution in [-0.4, -0.2) is 42.2 Å². The Labute approximate surface area is 88.0 Å². The van der Waals surface area contributed by atoms with Crippen molar-refractivity contribution in [3.63, 3.8) is 0 Å². The summed E-state index contributed by atoms with van der Waals surface area (Å²) >= 11 is 0. The Hall–Kier alpha value is -0.860. The minimum absolute atomic E-state index is 0.0785. The standard InChI is InChI=1S/C7H14N2O5S/c1-7(2,11)3-5-4-14-6(10)9(5)15(8,12)13/h5,11H,3-4H2,1-2H3,(H2,8,12,13). The molecule has 88 valence electrons. The monoisotopic (exact) mass is 238 g/mol. The van der Waals surface area contributed by atoms with E-state index in [1.807, 2.05) is 0 Å². The van der Waals surface area contributed by atoms with E-state index in [1.54, 1.807) is 0 Å². The molecule has 15 heavy (non-hydrogen) atoms. The van der Waals surface area contributed by atoms with Gasteiger partial charge in [-0.05, 0) is 13.8 Å². The van der Waals surface area contributed by atoms with E-state index in [0.717, 1.165) is 0 Å². The van der Waals surface area contributed by atoms with Gasteiger partial charge in [0, 0.05) is 6.42 Å². The van der Waals surface area contributed by atoms with Gasteiger partial charge in [0.05, 0.1) is 11.6 Å². The predicted octanol–water partition coefficient (Wildman–Crippen LogP) is -0.828. The van der Waals surface area contributed by atoms with Gasteiger partial charge in [-0.15, -0.1) is 0 Å². The molecule has 7 nitrogen and oxygen atoms in total. The minimum atomic E-state index is -4.13. The molecule has 0 spiro atoms. The molecule has 1 rings (SSSR count). The van der Waals surface area contributed by atoms with Crippen molar-refractivity contribution in [3.05, 3.63) is 0 Å². The molecule has 1 fully saturated rings. The quantitative estimate of drug-likeness (QED) is 0.667. The van der Waals surface area contributed by atoms with E-state index < -0.39 is 27.9 Å². The van der Waals surface area contributed by atoms with Crippen LogP contribution in [0.3, 0.4) is 0 Å². The lowest BCUT2D eigenvalue weighted by molar-refractivity contribution is 0.0544. The summed E-state index contributed by atoms with van der Waals surface area (Å²) in [4.78, 5) is 11.1. The minimum Gasteiger partial charge on any atom is -0.446 e. The smallest absolute Gasteiger partial charge is 0.425 e. The summed E-state index contributed by atoms with van der Waals surface area (Å²) in [5, 5.41) is 14.4. The number of nitrogens with zero attached hydrogens (tertiary/aromatic N) is 1. The Kier molecular flexibility index (Phi) is 2.94. The lowest BCUT2D eigenvalue weighted by Crippen LogP contribution is -2.45. The lowest BCUT2D eigenvalue weighted by atomic mass is 10.0. The molecule has 1 aliphatic heterocycles. The number of carbonyl (C=O) groups excluding carboxylic acids is 1. The zero-order valence-corrected chi connectivity index (χ0v) is 9.32. The highest BCUT2D eigenvalue weighted by Crippen LogP contribution is 2.23. The summed E-state index contributed by atoms with van der Waals surface area (Å²) in [5.41, 5.74) is -1.10. The third kappa shape index (κ3) is 3.05. The molecule has 1 heterocycles. The molecule has 1 unspecified atom stereocenters. The molecule has 0 aliphatic carbocycles. The van der Waals surface area contributed by atoms with Gasteiger partial charge in [-0.1, -0.05) is 0 Å². The lowest BCUT2D eigenvalue weighted by Gasteiger charge is -2.24. The number of amides is 1. The van der Waals surface area contributed by atoms with Gasteiger partial charge in [-0.25, -0.2) is 9.93 Å². The van der Waals surface area contributed by atoms with Crippen molar-refractivity contribution in [2.24, 2.45) is 5.14 Å². The molecule has 1 atom stereocenters. The summed E-state index contributed by atoms with van der Waals surface area (Å²) in [7, 11) is -4.13. The van der Waals surface area contributed by atoms with Gasteiger partial charge >= 0.3 is 16.3 Å². The maximum Gasteiger partial charge on any atom is 0.425 e. The van der Waals surface area contributed by atoms with E-state index in [4.69, 9.17) is 5.14 Å². The van der Waals surface area contributed by atoms with Crippen LogP contribution < -0.4 is 5.14 Å². The first kappa shape index (κ1) is 12.2. The van der Waals surface area contributed by atoms with Crippen LogP contribution in [0.5, 0.6) is 0 Å². The van der Waals surface area contributed by atoms with Crippen LogP contribution in [0.15, 0.2) is 0 Å². The van der Waals surface area contributed by atoms with Crippen molar-refractivity contribution in [1.82, 2.24) is 4.31 Å². The zero-order valence-electron chi connectivity index (χ0n) is 8.50. The number of hydrogen-bond donors (Lipinski definition) is 2. The Morgan fingerprint density at radius 3 is 2.60 bits per heavy atom. The summed E-state index contributed by atoms with van der Waals surface area (Å²) in [6.07, 6.45) is -0.915. The fourth-order valence-electron chi connectivity index (χ4n) is 1.48. The highest BCUT2D eigenvalue weighted by Gasteiger charge is 2.42. The van der Waals surface area contributed by atoms with Crippen molar-refractivity contribution in [3.8, 4) is 0 Å². The van der Waals surface area contributed by atoms with Crippen molar-refractivity contribution < 1.29 is 23.1 Å². The first-order valence-corrected chi connectivity index (χ1v) is 5.83. The predicted molar refractivity (Wildman–Crippen MR) is 51.0 cm³/mol. The van der Waals surface area contributed by atoms with Crippen molar-refractivity contribution in [2.45, 2.75) is 31.9 Å². The zero-order chi connectivity index (χ0) is 11.9. The van der Waals surface area contributed by atoms with Crippen molar-refractivity contribution in [2.75, 3.05) is 6.61 Å². The number of ether oxygens (including phenoxy) is 1. The topological polar surface area (TPSA) is 110 Å². The van der Waals surface area contributed by atoms with Gasteiger partial charge in [0.15, 0.2) is 0 Å². The highest BCUT2D eigenvalue weighted by atomic mass is 32.2. The van der Waals surface area contributed by atoms with Gasteiger partial charge in [0.2, 0.25) is 0 Å².